The van der Waals surface area contributed by atoms with Gasteiger partial charge in [0.05, 0.1) is 13.2 Å². The van der Waals surface area contributed by atoms with Crippen molar-refractivity contribution in [2.24, 2.45) is 0 Å². The lowest BCUT2D eigenvalue weighted by atomic mass is 10.1. The van der Waals surface area contributed by atoms with Gasteiger partial charge in [0, 0.05) is 29.6 Å². The summed E-state index contributed by atoms with van der Waals surface area (Å²) >= 11 is 0. The first-order valence-electron chi connectivity index (χ1n) is 11.3. The van der Waals surface area contributed by atoms with Crippen molar-refractivity contribution in [1.82, 2.24) is 15.2 Å². The van der Waals surface area contributed by atoms with E-state index >= 15 is 0 Å². The van der Waals surface area contributed by atoms with Crippen LogP contribution in [0, 0.1) is 0 Å². The molecule has 1 N–H and O–H groups in total. The highest BCUT2D eigenvalue weighted by Gasteiger charge is 2.20. The number of pyridine rings is 1. The lowest BCUT2D eigenvalue weighted by molar-refractivity contribution is 0.102. The molecule has 1 amide bonds. The second-order valence-corrected chi connectivity index (χ2v) is 8.09. The monoisotopic (exact) mass is 472 g/mol. The van der Waals surface area contributed by atoms with Gasteiger partial charge in [-0.1, -0.05) is 6.07 Å². The van der Waals surface area contributed by atoms with Crippen LogP contribution < -0.4 is 19.5 Å². The molecule has 0 saturated heterocycles. The highest BCUT2D eigenvalue weighted by atomic mass is 16.5. The minimum Gasteiger partial charge on any atom is -0.493 e. The minimum absolute atomic E-state index is 0.157. The smallest absolute Gasteiger partial charge is 0.266 e. The number of carbonyl (C=O) groups is 1. The van der Waals surface area contributed by atoms with E-state index in [-0.39, 0.29) is 12.0 Å². The number of ether oxygens (including phenoxy) is 3. The van der Waals surface area contributed by atoms with Gasteiger partial charge < -0.3 is 23.9 Å². The zero-order valence-electron chi connectivity index (χ0n) is 19.1. The third kappa shape index (κ3) is 5.40. The van der Waals surface area contributed by atoms with Gasteiger partial charge in [-0.25, -0.2) is 0 Å². The van der Waals surface area contributed by atoms with E-state index in [9.17, 15) is 4.79 Å². The Labute approximate surface area is 202 Å². The second kappa shape index (κ2) is 10.3. The number of anilines is 1. The summed E-state index contributed by atoms with van der Waals surface area (Å²) in [7, 11) is 1.59. The Morgan fingerprint density at radius 1 is 1.03 bits per heavy atom. The lowest BCUT2D eigenvalue weighted by Crippen LogP contribution is -2.14. The van der Waals surface area contributed by atoms with Crippen molar-refractivity contribution in [1.29, 1.82) is 0 Å². The molecule has 178 valence electrons. The maximum absolute atomic E-state index is 13.0. The Morgan fingerprint density at radius 3 is 2.69 bits per heavy atom. The molecule has 4 aromatic rings. The molecule has 1 saturated carbocycles. The van der Waals surface area contributed by atoms with Gasteiger partial charge in [-0.3, -0.25) is 9.78 Å². The molecule has 0 bridgehead atoms. The van der Waals surface area contributed by atoms with Crippen LogP contribution in [-0.4, -0.2) is 34.3 Å². The third-order valence-corrected chi connectivity index (χ3v) is 5.66. The average molecular weight is 473 g/mol. The van der Waals surface area contributed by atoms with E-state index in [1.165, 1.54) is 6.39 Å². The fourth-order valence-corrected chi connectivity index (χ4v) is 3.95. The Hall–Kier alpha value is -4.40. The highest BCUT2D eigenvalue weighted by molar-refractivity contribution is 6.04. The molecule has 9 nitrogen and oxygen atoms in total. The second-order valence-electron chi connectivity index (χ2n) is 8.09. The summed E-state index contributed by atoms with van der Waals surface area (Å²) in [6, 6.07) is 15.7. The first-order chi connectivity index (χ1) is 17.2. The first kappa shape index (κ1) is 22.4. The van der Waals surface area contributed by atoms with Gasteiger partial charge in [-0.2, -0.15) is 0 Å². The van der Waals surface area contributed by atoms with Crippen LogP contribution in [0.3, 0.4) is 0 Å². The standard InChI is InChI=1S/C26H24N4O5/c1-32-23-10-9-17(13-24(23)35-19-6-2-3-7-19)25(31)29-18-5-4-8-20(14-18)34-21-11-12-27-22(15-21)26-30-28-16-33-26/h4-5,8-16,19H,2-3,6-7H2,1H3,(H,29,31). The van der Waals surface area contributed by atoms with Crippen LogP contribution >= 0.6 is 0 Å². The van der Waals surface area contributed by atoms with E-state index < -0.39 is 0 Å². The van der Waals surface area contributed by atoms with Crippen LogP contribution in [0.4, 0.5) is 5.69 Å². The van der Waals surface area contributed by atoms with Crippen molar-refractivity contribution in [3.8, 4) is 34.6 Å². The van der Waals surface area contributed by atoms with Crippen molar-refractivity contribution >= 4 is 11.6 Å². The number of hydrogen-bond donors (Lipinski definition) is 1. The molecule has 1 aliphatic rings. The van der Waals surface area contributed by atoms with Gasteiger partial charge in [0.1, 0.15) is 17.2 Å². The summed E-state index contributed by atoms with van der Waals surface area (Å²) in [6.45, 7) is 0. The summed E-state index contributed by atoms with van der Waals surface area (Å²) in [5, 5.41) is 10.4. The van der Waals surface area contributed by atoms with Crippen LogP contribution in [0.15, 0.2) is 71.6 Å². The molecule has 0 radical (unpaired) electrons. The van der Waals surface area contributed by atoms with Gasteiger partial charge in [0.15, 0.2) is 11.5 Å². The molecule has 0 aliphatic heterocycles. The highest BCUT2D eigenvalue weighted by Crippen LogP contribution is 2.33. The van der Waals surface area contributed by atoms with E-state index in [0.29, 0.717) is 45.8 Å². The van der Waals surface area contributed by atoms with E-state index in [4.69, 9.17) is 18.6 Å². The van der Waals surface area contributed by atoms with E-state index in [0.717, 1.165) is 25.7 Å². The number of benzene rings is 2. The first-order valence-corrected chi connectivity index (χ1v) is 11.3. The Morgan fingerprint density at radius 2 is 1.89 bits per heavy atom. The molecule has 35 heavy (non-hydrogen) atoms. The Balaban J connectivity index is 1.29. The number of rotatable bonds is 8. The van der Waals surface area contributed by atoms with E-state index in [1.54, 1.807) is 67.9 Å². The molecule has 2 heterocycles. The average Bonchev–Trinajstić information content (AvgIpc) is 3.59. The fourth-order valence-electron chi connectivity index (χ4n) is 3.95. The molecule has 9 heteroatoms. The summed E-state index contributed by atoms with van der Waals surface area (Å²) in [5.74, 6) is 2.32. The van der Waals surface area contributed by atoms with Crippen molar-refractivity contribution in [2.45, 2.75) is 31.8 Å². The normalized spacial score (nSPS) is 13.4. The SMILES string of the molecule is COc1ccc(C(=O)Nc2cccc(Oc3ccnc(-c4nnco4)c3)c2)cc1OC1CCCC1. The molecule has 1 aliphatic carbocycles. The zero-order valence-corrected chi connectivity index (χ0v) is 19.1. The van der Waals surface area contributed by atoms with Crippen molar-refractivity contribution < 1.29 is 23.4 Å². The maximum atomic E-state index is 13.0. The lowest BCUT2D eigenvalue weighted by Gasteiger charge is -2.17. The number of aromatic nitrogens is 3. The fraction of sp³-hybridized carbons (Fsp3) is 0.231. The number of nitrogens with zero attached hydrogens (tertiary/aromatic N) is 3. The van der Waals surface area contributed by atoms with Crippen LogP contribution in [0.1, 0.15) is 36.0 Å². The number of methoxy groups -OCH3 is 1. The van der Waals surface area contributed by atoms with Gasteiger partial charge in [0.2, 0.25) is 6.39 Å². The van der Waals surface area contributed by atoms with E-state index in [1.807, 2.05) is 0 Å². The Kier molecular flexibility index (Phi) is 6.56. The molecule has 1 fully saturated rings. The van der Waals surface area contributed by atoms with Crippen LogP contribution in [-0.2, 0) is 0 Å². The summed E-state index contributed by atoms with van der Waals surface area (Å²) in [6.07, 6.45) is 7.33. The summed E-state index contributed by atoms with van der Waals surface area (Å²) < 4.78 is 22.7. The van der Waals surface area contributed by atoms with Gasteiger partial charge in [-0.15, -0.1) is 10.2 Å². The predicted octanol–water partition coefficient (Wildman–Crippen LogP) is 5.51. The van der Waals surface area contributed by atoms with E-state index in [2.05, 4.69) is 20.5 Å². The summed E-state index contributed by atoms with van der Waals surface area (Å²) in [5.41, 5.74) is 1.57. The van der Waals surface area contributed by atoms with Crippen molar-refractivity contribution in [3.05, 3.63) is 72.8 Å². The van der Waals surface area contributed by atoms with Crippen molar-refractivity contribution in [2.75, 3.05) is 12.4 Å². The van der Waals surface area contributed by atoms with Gasteiger partial charge in [-0.05, 0) is 62.1 Å². The molecule has 0 unspecified atom stereocenters. The van der Waals surface area contributed by atoms with Crippen LogP contribution in [0.2, 0.25) is 0 Å². The quantitative estimate of drug-likeness (QED) is 0.358. The Bertz CT molecular complexity index is 1300. The molecular formula is C26H24N4O5. The predicted molar refractivity (Wildman–Crippen MR) is 128 cm³/mol. The third-order valence-electron chi connectivity index (χ3n) is 5.66. The van der Waals surface area contributed by atoms with Crippen molar-refractivity contribution in [3.63, 3.8) is 0 Å². The molecule has 0 atom stereocenters. The number of hydrogen-bond acceptors (Lipinski definition) is 8. The van der Waals surface area contributed by atoms with Gasteiger partial charge in [0.25, 0.3) is 11.8 Å². The maximum Gasteiger partial charge on any atom is 0.266 e. The number of carbonyl (C=O) groups excluding carboxylic acids is 1. The topological polar surface area (TPSA) is 109 Å². The molecule has 0 spiro atoms. The van der Waals surface area contributed by atoms with Gasteiger partial charge >= 0.3 is 0 Å². The number of nitrogens with one attached hydrogen (secondary N) is 1. The largest absolute Gasteiger partial charge is 0.493 e. The minimum atomic E-state index is -0.260. The zero-order chi connectivity index (χ0) is 24.0. The summed E-state index contributed by atoms with van der Waals surface area (Å²) in [4.78, 5) is 17.2. The number of amides is 1. The van der Waals surface area contributed by atoms with Crippen LogP contribution in [0.25, 0.3) is 11.6 Å². The van der Waals surface area contributed by atoms with Crippen LogP contribution in [0.5, 0.6) is 23.0 Å². The molecule has 2 aromatic carbocycles. The molecule has 2 aromatic heterocycles. The molecule has 5 rings (SSSR count). The molecular weight excluding hydrogens is 448 g/mol.